The molecule has 0 aromatic heterocycles. The molecule has 2 aliphatic rings. The number of rotatable bonds is 2. The van der Waals surface area contributed by atoms with Crippen molar-refractivity contribution >= 4 is 17.4 Å². The summed E-state index contributed by atoms with van der Waals surface area (Å²) in [5.74, 6) is 4.31. The van der Waals surface area contributed by atoms with E-state index in [9.17, 15) is 0 Å². The summed E-state index contributed by atoms with van der Waals surface area (Å²) in [7, 11) is 0. The molecule has 1 aliphatic heterocycles. The van der Waals surface area contributed by atoms with Crippen LogP contribution >= 0.6 is 11.8 Å². The quantitative estimate of drug-likeness (QED) is 0.467. The summed E-state index contributed by atoms with van der Waals surface area (Å²) < 4.78 is 0. The number of para-hydroxylation sites is 1. The second-order valence-electron chi connectivity index (χ2n) is 11.4. The fourth-order valence-corrected chi connectivity index (χ4v) is 5.69. The Hall–Kier alpha value is -1.67. The van der Waals surface area contributed by atoms with Gasteiger partial charge in [0.2, 0.25) is 0 Å². The Balaban J connectivity index is 1.91. The topological polar surface area (TPSA) is 3.24 Å². The van der Waals surface area contributed by atoms with Crippen molar-refractivity contribution in [3.05, 3.63) is 69.6 Å². The first kappa shape index (κ1) is 22.5. The molecule has 0 saturated carbocycles. The molecule has 2 aromatic carbocycles. The van der Waals surface area contributed by atoms with Crippen LogP contribution in [-0.4, -0.2) is 0 Å². The first-order chi connectivity index (χ1) is 14.5. The van der Waals surface area contributed by atoms with Crippen LogP contribution < -0.4 is 4.90 Å². The summed E-state index contributed by atoms with van der Waals surface area (Å²) in [5, 5.41) is 0. The molecular formula is C29H37NS. The third kappa shape index (κ3) is 4.33. The zero-order valence-electron chi connectivity index (χ0n) is 20.5. The molecule has 0 saturated heterocycles. The molecular weight excluding hydrogens is 394 g/mol. The maximum absolute atomic E-state index is 3.66. The number of hydrogen-bond acceptors (Lipinski definition) is 2. The molecule has 0 bridgehead atoms. The van der Waals surface area contributed by atoms with Crippen molar-refractivity contribution in [3.63, 3.8) is 0 Å². The average Bonchev–Trinajstić information content (AvgIpc) is 3.11. The number of hydrogen-bond donors (Lipinski definition) is 0. The predicted molar refractivity (Wildman–Crippen MR) is 137 cm³/mol. The monoisotopic (exact) mass is 431 g/mol. The molecule has 31 heavy (non-hydrogen) atoms. The average molecular weight is 432 g/mol. The molecule has 1 heterocycles. The molecule has 0 spiro atoms. The van der Waals surface area contributed by atoms with Gasteiger partial charge >= 0.3 is 0 Å². The number of benzene rings is 2. The smallest absolute Gasteiger partial charge is 0.169 e. The van der Waals surface area contributed by atoms with E-state index in [1.807, 2.05) is 11.8 Å². The van der Waals surface area contributed by atoms with E-state index in [2.05, 4.69) is 103 Å². The van der Waals surface area contributed by atoms with E-state index in [4.69, 9.17) is 0 Å². The van der Waals surface area contributed by atoms with Gasteiger partial charge in [0.1, 0.15) is 0 Å². The Bertz CT molecular complexity index is 984. The van der Waals surface area contributed by atoms with E-state index in [-0.39, 0.29) is 10.8 Å². The van der Waals surface area contributed by atoms with Crippen molar-refractivity contribution in [1.29, 1.82) is 0 Å². The summed E-state index contributed by atoms with van der Waals surface area (Å²) in [6.45, 7) is 18.5. The Labute approximate surface area is 194 Å². The molecule has 1 atom stereocenters. The maximum Gasteiger partial charge on any atom is 0.169 e. The van der Waals surface area contributed by atoms with Crippen LogP contribution in [0.4, 0.5) is 5.69 Å². The number of allylic oxidation sites excluding steroid dienone is 2. The van der Waals surface area contributed by atoms with Gasteiger partial charge in [-0.15, -0.1) is 0 Å². The van der Waals surface area contributed by atoms with Gasteiger partial charge in [-0.1, -0.05) is 96.6 Å². The number of anilines is 1. The van der Waals surface area contributed by atoms with Crippen LogP contribution in [0.25, 0.3) is 11.1 Å². The van der Waals surface area contributed by atoms with Crippen molar-refractivity contribution in [3.8, 4) is 11.1 Å². The van der Waals surface area contributed by atoms with Gasteiger partial charge in [0.05, 0.1) is 5.69 Å². The van der Waals surface area contributed by atoms with Crippen molar-refractivity contribution in [1.82, 2.24) is 0 Å². The molecule has 1 aliphatic carbocycles. The standard InChI is InChI=1S/C29H37NS/c1-19-11-9-13-24(26(19)30-18-31-27-20(2)12-10-14-25(27)30)21-15-22(28(3,4)5)17-23(16-21)29(6,7)8/h9,11,13,15-17,20H,10,12,14H2,1-8H3. The van der Waals surface area contributed by atoms with Crippen LogP contribution in [0.5, 0.6) is 0 Å². The predicted octanol–water partition coefficient (Wildman–Crippen LogP) is 8.84. The Morgan fingerprint density at radius 1 is 0.968 bits per heavy atom. The minimum Gasteiger partial charge on any atom is -0.322 e. The fourth-order valence-electron chi connectivity index (χ4n) is 4.66. The lowest BCUT2D eigenvalue weighted by atomic mass is 9.78. The van der Waals surface area contributed by atoms with Crippen molar-refractivity contribution in [2.45, 2.75) is 85.5 Å². The van der Waals surface area contributed by atoms with Crippen molar-refractivity contribution in [2.24, 2.45) is 5.92 Å². The van der Waals surface area contributed by atoms with E-state index in [0.717, 1.165) is 6.42 Å². The lowest BCUT2D eigenvalue weighted by Gasteiger charge is -2.30. The van der Waals surface area contributed by atoms with Crippen LogP contribution in [0.15, 0.2) is 47.0 Å². The van der Waals surface area contributed by atoms with Crippen LogP contribution in [0, 0.1) is 18.7 Å². The molecule has 0 N–H and O–H groups in total. The third-order valence-electron chi connectivity index (χ3n) is 6.74. The lowest BCUT2D eigenvalue weighted by molar-refractivity contribution is 0.557. The van der Waals surface area contributed by atoms with E-state index in [1.165, 1.54) is 56.9 Å². The van der Waals surface area contributed by atoms with Crippen LogP contribution in [0.3, 0.4) is 0 Å². The second kappa shape index (κ2) is 8.03. The van der Waals surface area contributed by atoms with Crippen LogP contribution in [0.2, 0.25) is 0 Å². The van der Waals surface area contributed by atoms with Gasteiger partial charge in [0, 0.05) is 16.2 Å². The van der Waals surface area contributed by atoms with E-state index in [1.54, 1.807) is 0 Å². The molecule has 4 rings (SSSR count). The largest absolute Gasteiger partial charge is 0.322 e. The molecule has 1 nitrogen and oxygen atoms in total. The Kier molecular flexibility index (Phi) is 5.83. The Morgan fingerprint density at radius 2 is 1.61 bits per heavy atom. The lowest BCUT2D eigenvalue weighted by Crippen LogP contribution is -2.20. The molecule has 1 unspecified atom stereocenters. The minimum atomic E-state index is 0.107. The molecule has 2 aromatic rings. The molecule has 164 valence electrons. The summed E-state index contributed by atoms with van der Waals surface area (Å²) >= 11 is 1.82. The van der Waals surface area contributed by atoms with Gasteiger partial charge < -0.3 is 4.90 Å². The zero-order chi connectivity index (χ0) is 22.6. The van der Waals surface area contributed by atoms with Gasteiger partial charge in [-0.05, 0) is 65.2 Å². The highest BCUT2D eigenvalue weighted by Gasteiger charge is 2.33. The third-order valence-corrected chi connectivity index (χ3v) is 7.87. The number of aryl methyl sites for hydroxylation is 1. The van der Waals surface area contributed by atoms with Gasteiger partial charge in [-0.2, -0.15) is 0 Å². The highest BCUT2D eigenvalue weighted by atomic mass is 32.2. The summed E-state index contributed by atoms with van der Waals surface area (Å²) in [5.41, 5.74) is 9.75. The van der Waals surface area contributed by atoms with Crippen LogP contribution in [0.1, 0.15) is 84.4 Å². The van der Waals surface area contributed by atoms with E-state index in [0.29, 0.717) is 5.92 Å². The molecule has 0 fully saturated rings. The van der Waals surface area contributed by atoms with Gasteiger partial charge in [-0.3, -0.25) is 0 Å². The van der Waals surface area contributed by atoms with Gasteiger partial charge in [0.25, 0.3) is 0 Å². The number of nitrogens with zero attached hydrogens (tertiary/aromatic N) is 1. The molecule has 2 radical (unpaired) electrons. The maximum atomic E-state index is 3.66. The van der Waals surface area contributed by atoms with Crippen molar-refractivity contribution in [2.75, 3.05) is 4.90 Å². The minimum absolute atomic E-state index is 0.107. The molecule has 0 amide bonds. The normalized spacial score (nSPS) is 19.7. The first-order valence-electron chi connectivity index (χ1n) is 11.7. The van der Waals surface area contributed by atoms with Gasteiger partial charge in [-0.25, -0.2) is 0 Å². The highest BCUT2D eigenvalue weighted by Crippen LogP contribution is 2.51. The summed E-state index contributed by atoms with van der Waals surface area (Å²) in [6.07, 6.45) is 3.72. The van der Waals surface area contributed by atoms with Gasteiger partial charge in [0.15, 0.2) is 5.88 Å². The first-order valence-corrected chi connectivity index (χ1v) is 12.5. The number of thioether (sulfide) groups is 1. The molecule has 2 heteroatoms. The summed E-state index contributed by atoms with van der Waals surface area (Å²) in [6, 6.07) is 14.0. The van der Waals surface area contributed by atoms with Crippen molar-refractivity contribution < 1.29 is 0 Å². The second-order valence-corrected chi connectivity index (χ2v) is 12.2. The van der Waals surface area contributed by atoms with Crippen LogP contribution in [-0.2, 0) is 10.8 Å². The Morgan fingerprint density at radius 3 is 2.23 bits per heavy atom. The zero-order valence-corrected chi connectivity index (χ0v) is 21.3. The summed E-state index contributed by atoms with van der Waals surface area (Å²) in [4.78, 5) is 3.92. The van der Waals surface area contributed by atoms with E-state index >= 15 is 0 Å². The fraction of sp³-hybridized carbons (Fsp3) is 0.483. The highest BCUT2D eigenvalue weighted by molar-refractivity contribution is 8.05. The SMILES string of the molecule is Cc1cccc(-c2cc(C(C)(C)C)cc(C(C)(C)C)c2)c1N1[C]SC2=C1CCCC2C. The van der Waals surface area contributed by atoms with E-state index < -0.39 is 0 Å².